The number of carbonyl (C=O) groups is 1. The highest BCUT2D eigenvalue weighted by Gasteiger charge is 2.18. The summed E-state index contributed by atoms with van der Waals surface area (Å²) in [6, 6.07) is 0.105. The van der Waals surface area contributed by atoms with Gasteiger partial charge >= 0.3 is 5.69 Å². The third-order valence-corrected chi connectivity index (χ3v) is 3.11. The van der Waals surface area contributed by atoms with Gasteiger partial charge in [0.2, 0.25) is 5.91 Å². The quantitative estimate of drug-likeness (QED) is 0.865. The summed E-state index contributed by atoms with van der Waals surface area (Å²) in [6.45, 7) is 9.89. The van der Waals surface area contributed by atoms with Gasteiger partial charge in [0.05, 0.1) is 0 Å². The SMILES string of the molecule is CCC(C)(C)NC(=O)Cn1ccn(C(C)C)c1=O. The lowest BCUT2D eigenvalue weighted by molar-refractivity contribution is -0.123. The van der Waals surface area contributed by atoms with Crippen LogP contribution in [0.15, 0.2) is 17.2 Å². The van der Waals surface area contributed by atoms with E-state index in [0.717, 1.165) is 6.42 Å². The van der Waals surface area contributed by atoms with Gasteiger partial charge in [-0.25, -0.2) is 4.79 Å². The molecule has 0 atom stereocenters. The first kappa shape index (κ1) is 14.5. The lowest BCUT2D eigenvalue weighted by atomic mass is 10.0. The van der Waals surface area contributed by atoms with Crippen molar-refractivity contribution in [3.8, 4) is 0 Å². The Labute approximate surface area is 108 Å². The highest BCUT2D eigenvalue weighted by atomic mass is 16.2. The summed E-state index contributed by atoms with van der Waals surface area (Å²) >= 11 is 0. The van der Waals surface area contributed by atoms with Crippen molar-refractivity contribution in [2.45, 2.75) is 59.2 Å². The van der Waals surface area contributed by atoms with Crippen LogP contribution in [0.2, 0.25) is 0 Å². The zero-order chi connectivity index (χ0) is 13.9. The fourth-order valence-corrected chi connectivity index (χ4v) is 1.60. The molecule has 0 aliphatic carbocycles. The van der Waals surface area contributed by atoms with Crippen LogP contribution in [0, 0.1) is 0 Å². The molecule has 1 aromatic heterocycles. The molecular formula is C13H23N3O2. The van der Waals surface area contributed by atoms with Crippen molar-refractivity contribution in [2.24, 2.45) is 0 Å². The summed E-state index contributed by atoms with van der Waals surface area (Å²) < 4.78 is 3.04. The van der Waals surface area contributed by atoms with Crippen molar-refractivity contribution in [3.05, 3.63) is 22.9 Å². The predicted molar refractivity (Wildman–Crippen MR) is 71.6 cm³/mol. The molecule has 0 aliphatic heterocycles. The summed E-state index contributed by atoms with van der Waals surface area (Å²) in [6.07, 6.45) is 4.22. The molecule has 0 aliphatic rings. The first-order valence-corrected chi connectivity index (χ1v) is 6.35. The Hall–Kier alpha value is -1.52. The summed E-state index contributed by atoms with van der Waals surface area (Å²) in [5.41, 5.74) is -0.379. The molecule has 5 heteroatoms. The predicted octanol–water partition coefficient (Wildman–Crippen LogP) is 1.54. The van der Waals surface area contributed by atoms with Crippen molar-refractivity contribution in [3.63, 3.8) is 0 Å². The van der Waals surface area contributed by atoms with Gasteiger partial charge in [-0.2, -0.15) is 0 Å². The number of nitrogens with one attached hydrogen (secondary N) is 1. The number of carbonyl (C=O) groups excluding carboxylic acids is 1. The van der Waals surface area contributed by atoms with Gasteiger partial charge in [-0.3, -0.25) is 13.9 Å². The lowest BCUT2D eigenvalue weighted by Crippen LogP contribution is -2.45. The molecule has 1 heterocycles. The van der Waals surface area contributed by atoms with Crippen molar-refractivity contribution in [1.29, 1.82) is 0 Å². The third kappa shape index (κ3) is 3.48. The van der Waals surface area contributed by atoms with Crippen LogP contribution in [0.3, 0.4) is 0 Å². The topological polar surface area (TPSA) is 56.0 Å². The highest BCUT2D eigenvalue weighted by Crippen LogP contribution is 2.06. The molecule has 0 unspecified atom stereocenters. The van der Waals surface area contributed by atoms with Crippen LogP contribution < -0.4 is 11.0 Å². The lowest BCUT2D eigenvalue weighted by Gasteiger charge is -2.24. The molecule has 5 nitrogen and oxygen atoms in total. The number of hydrogen-bond donors (Lipinski definition) is 1. The van der Waals surface area contributed by atoms with E-state index in [2.05, 4.69) is 5.32 Å². The first-order valence-electron chi connectivity index (χ1n) is 6.35. The third-order valence-electron chi connectivity index (χ3n) is 3.11. The van der Waals surface area contributed by atoms with Gasteiger partial charge in [0, 0.05) is 24.0 Å². The van der Waals surface area contributed by atoms with E-state index in [4.69, 9.17) is 0 Å². The van der Waals surface area contributed by atoms with Crippen LogP contribution in [0.5, 0.6) is 0 Å². The largest absolute Gasteiger partial charge is 0.350 e. The Morgan fingerprint density at radius 3 is 2.44 bits per heavy atom. The monoisotopic (exact) mass is 253 g/mol. The number of amides is 1. The fourth-order valence-electron chi connectivity index (χ4n) is 1.60. The maximum Gasteiger partial charge on any atom is 0.328 e. The fraction of sp³-hybridized carbons (Fsp3) is 0.692. The normalized spacial score (nSPS) is 11.9. The van der Waals surface area contributed by atoms with E-state index in [-0.39, 0.29) is 29.7 Å². The number of hydrogen-bond acceptors (Lipinski definition) is 2. The Morgan fingerprint density at radius 2 is 2.00 bits per heavy atom. The summed E-state index contributed by atoms with van der Waals surface area (Å²) in [7, 11) is 0. The van der Waals surface area contributed by atoms with Crippen molar-refractivity contribution in [1.82, 2.24) is 14.5 Å². The molecule has 102 valence electrons. The molecule has 1 rings (SSSR count). The second-order valence-electron chi connectivity index (χ2n) is 5.50. The molecule has 0 aromatic carbocycles. The van der Waals surface area contributed by atoms with Gasteiger partial charge in [0.1, 0.15) is 6.54 Å². The van der Waals surface area contributed by atoms with E-state index in [0.29, 0.717) is 0 Å². The molecule has 1 amide bonds. The van der Waals surface area contributed by atoms with E-state index < -0.39 is 0 Å². The Kier molecular flexibility index (Phi) is 4.38. The van der Waals surface area contributed by atoms with E-state index >= 15 is 0 Å². The van der Waals surface area contributed by atoms with Crippen molar-refractivity contribution < 1.29 is 4.79 Å². The Balaban J connectivity index is 2.75. The molecule has 0 saturated carbocycles. The van der Waals surface area contributed by atoms with Crippen LogP contribution in [0.4, 0.5) is 0 Å². The second kappa shape index (κ2) is 5.42. The molecule has 1 aromatic rings. The zero-order valence-electron chi connectivity index (χ0n) is 11.9. The van der Waals surface area contributed by atoms with Gasteiger partial charge < -0.3 is 5.32 Å². The van der Waals surface area contributed by atoms with Gasteiger partial charge in [-0.05, 0) is 34.1 Å². The average Bonchev–Trinajstić information content (AvgIpc) is 2.59. The van der Waals surface area contributed by atoms with E-state index in [1.807, 2.05) is 34.6 Å². The smallest absolute Gasteiger partial charge is 0.328 e. The minimum Gasteiger partial charge on any atom is -0.350 e. The number of aromatic nitrogens is 2. The Morgan fingerprint density at radius 1 is 1.39 bits per heavy atom. The molecule has 18 heavy (non-hydrogen) atoms. The van der Waals surface area contributed by atoms with Gasteiger partial charge in [0.15, 0.2) is 0 Å². The zero-order valence-corrected chi connectivity index (χ0v) is 11.9. The number of nitrogens with zero attached hydrogens (tertiary/aromatic N) is 2. The number of rotatable bonds is 5. The van der Waals surface area contributed by atoms with Crippen LogP contribution in [-0.4, -0.2) is 20.6 Å². The van der Waals surface area contributed by atoms with Crippen molar-refractivity contribution in [2.75, 3.05) is 0 Å². The molecule has 0 spiro atoms. The molecular weight excluding hydrogens is 230 g/mol. The summed E-state index contributed by atoms with van der Waals surface area (Å²) in [5.74, 6) is -0.134. The number of imidazole rings is 1. The molecule has 0 saturated heterocycles. The first-order chi connectivity index (χ1) is 8.26. The van der Waals surface area contributed by atoms with E-state index in [1.165, 1.54) is 4.57 Å². The molecule has 0 bridgehead atoms. The van der Waals surface area contributed by atoms with Crippen LogP contribution in [0.1, 0.15) is 47.1 Å². The van der Waals surface area contributed by atoms with Crippen LogP contribution >= 0.6 is 0 Å². The summed E-state index contributed by atoms with van der Waals surface area (Å²) in [4.78, 5) is 23.8. The van der Waals surface area contributed by atoms with Crippen LogP contribution in [-0.2, 0) is 11.3 Å². The van der Waals surface area contributed by atoms with Crippen LogP contribution in [0.25, 0.3) is 0 Å². The average molecular weight is 253 g/mol. The van der Waals surface area contributed by atoms with Gasteiger partial charge in [-0.1, -0.05) is 6.92 Å². The summed E-state index contributed by atoms with van der Waals surface area (Å²) in [5, 5.41) is 2.91. The minimum atomic E-state index is -0.235. The van der Waals surface area contributed by atoms with Crippen molar-refractivity contribution >= 4 is 5.91 Å². The highest BCUT2D eigenvalue weighted by molar-refractivity contribution is 5.76. The van der Waals surface area contributed by atoms with Gasteiger partial charge in [0.25, 0.3) is 0 Å². The van der Waals surface area contributed by atoms with E-state index in [1.54, 1.807) is 17.0 Å². The van der Waals surface area contributed by atoms with Gasteiger partial charge in [-0.15, -0.1) is 0 Å². The minimum absolute atomic E-state index is 0.0714. The second-order valence-corrected chi connectivity index (χ2v) is 5.50. The maximum atomic E-state index is 11.9. The van der Waals surface area contributed by atoms with E-state index in [9.17, 15) is 9.59 Å². The molecule has 0 radical (unpaired) electrons. The Bertz CT molecular complexity index is 469. The standard InChI is InChI=1S/C13H23N3O2/c1-6-13(4,5)14-11(17)9-15-7-8-16(10(2)3)12(15)18/h7-8,10H,6,9H2,1-5H3,(H,14,17). The molecule has 0 fully saturated rings. The maximum absolute atomic E-state index is 11.9. The molecule has 1 N–H and O–H groups in total.